The first-order chi connectivity index (χ1) is 9.15. The number of nitrogens with zero attached hydrogens (tertiary/aromatic N) is 1. The molecule has 1 rings (SSSR count). The maximum atomic E-state index is 4.78. The summed E-state index contributed by atoms with van der Waals surface area (Å²) in [6, 6.07) is 0.568. The number of unbranched alkanes of at least 4 members (excludes halogenated alkanes) is 3. The molecule has 0 aromatic heterocycles. The van der Waals surface area contributed by atoms with Crippen molar-refractivity contribution in [1.82, 2.24) is 5.32 Å². The molecule has 0 saturated carbocycles. The number of aliphatic imine (C=N–C) groups is 1. The Labute approximate surface area is 124 Å². The summed E-state index contributed by atoms with van der Waals surface area (Å²) < 4.78 is 0. The molecule has 0 saturated heterocycles. The first-order valence-electron chi connectivity index (χ1n) is 8.09. The van der Waals surface area contributed by atoms with E-state index in [1.807, 2.05) is 11.8 Å². The monoisotopic (exact) mass is 284 g/mol. The number of hydrogen-bond donors (Lipinski definition) is 1. The molecule has 0 radical (unpaired) electrons. The average Bonchev–Trinajstić information content (AvgIpc) is 2.45. The summed E-state index contributed by atoms with van der Waals surface area (Å²) in [5.74, 6) is 1.23. The van der Waals surface area contributed by atoms with Crippen molar-refractivity contribution in [1.29, 1.82) is 0 Å². The zero-order chi connectivity index (χ0) is 14.1. The molecule has 112 valence electrons. The third-order valence-corrected chi connectivity index (χ3v) is 5.71. The molecule has 1 aliphatic heterocycles. The number of rotatable bonds is 8. The molecule has 0 amide bonds. The standard InChI is InChI=1S/C16H32N2S/c1-5-8-9-10-11-14(4)18-15-17-12-16(6-2,7-3)13-19-15/h14H,5-13H2,1-4H3,(H,17,18). The maximum Gasteiger partial charge on any atom is 0.156 e. The minimum absolute atomic E-state index is 0.459. The first kappa shape index (κ1) is 16.9. The van der Waals surface area contributed by atoms with Gasteiger partial charge in [0.15, 0.2) is 5.17 Å². The SMILES string of the molecule is CCCCCCC(C)NC1=NCC(CC)(CC)CS1. The Morgan fingerprint density at radius 3 is 2.47 bits per heavy atom. The smallest absolute Gasteiger partial charge is 0.156 e. The van der Waals surface area contributed by atoms with Gasteiger partial charge in [-0.3, -0.25) is 4.99 Å². The van der Waals surface area contributed by atoms with Crippen LogP contribution >= 0.6 is 11.8 Å². The van der Waals surface area contributed by atoms with Crippen molar-refractivity contribution in [2.24, 2.45) is 10.4 Å². The van der Waals surface area contributed by atoms with Gasteiger partial charge in [-0.05, 0) is 31.6 Å². The zero-order valence-corrected chi connectivity index (χ0v) is 14.1. The van der Waals surface area contributed by atoms with Gasteiger partial charge in [0.1, 0.15) is 0 Å². The van der Waals surface area contributed by atoms with E-state index in [0.717, 1.165) is 6.54 Å². The highest BCUT2D eigenvalue weighted by molar-refractivity contribution is 8.13. The van der Waals surface area contributed by atoms with Gasteiger partial charge in [-0.15, -0.1) is 0 Å². The highest BCUT2D eigenvalue weighted by Crippen LogP contribution is 2.34. The molecule has 19 heavy (non-hydrogen) atoms. The van der Waals surface area contributed by atoms with Crippen molar-refractivity contribution >= 4 is 16.9 Å². The Hall–Kier alpha value is -0.180. The molecule has 2 nitrogen and oxygen atoms in total. The van der Waals surface area contributed by atoms with Crippen molar-refractivity contribution < 1.29 is 0 Å². The van der Waals surface area contributed by atoms with Gasteiger partial charge in [0.05, 0.1) is 0 Å². The minimum Gasteiger partial charge on any atom is -0.362 e. The molecule has 0 spiro atoms. The van der Waals surface area contributed by atoms with Crippen LogP contribution in [0.15, 0.2) is 4.99 Å². The van der Waals surface area contributed by atoms with E-state index in [9.17, 15) is 0 Å². The summed E-state index contributed by atoms with van der Waals surface area (Å²) in [4.78, 5) is 4.78. The van der Waals surface area contributed by atoms with Crippen LogP contribution in [0.5, 0.6) is 0 Å². The average molecular weight is 285 g/mol. The second-order valence-corrected chi connectivity index (χ2v) is 6.98. The van der Waals surface area contributed by atoms with Crippen molar-refractivity contribution in [2.75, 3.05) is 12.3 Å². The van der Waals surface area contributed by atoms with Gasteiger partial charge in [-0.2, -0.15) is 0 Å². The summed E-state index contributed by atoms with van der Waals surface area (Å²) in [5, 5.41) is 4.78. The molecule has 0 bridgehead atoms. The highest BCUT2D eigenvalue weighted by atomic mass is 32.2. The van der Waals surface area contributed by atoms with E-state index in [2.05, 4.69) is 33.0 Å². The van der Waals surface area contributed by atoms with E-state index in [1.54, 1.807) is 0 Å². The number of nitrogens with one attached hydrogen (secondary N) is 1. The lowest BCUT2D eigenvalue weighted by atomic mass is 9.84. The summed E-state index contributed by atoms with van der Waals surface area (Å²) in [5.41, 5.74) is 0.459. The molecular formula is C16H32N2S. The van der Waals surface area contributed by atoms with Crippen molar-refractivity contribution in [3.63, 3.8) is 0 Å². The normalized spacial score (nSPS) is 19.9. The zero-order valence-electron chi connectivity index (χ0n) is 13.3. The summed E-state index contributed by atoms with van der Waals surface area (Å²) in [6.45, 7) is 10.2. The van der Waals surface area contributed by atoms with Crippen LogP contribution in [-0.4, -0.2) is 23.5 Å². The van der Waals surface area contributed by atoms with E-state index in [4.69, 9.17) is 4.99 Å². The lowest BCUT2D eigenvalue weighted by molar-refractivity contribution is 0.318. The van der Waals surface area contributed by atoms with Gasteiger partial charge in [0.2, 0.25) is 0 Å². The van der Waals surface area contributed by atoms with Gasteiger partial charge < -0.3 is 5.32 Å². The summed E-state index contributed by atoms with van der Waals surface area (Å²) in [7, 11) is 0. The van der Waals surface area contributed by atoms with Crippen LogP contribution in [0.4, 0.5) is 0 Å². The lowest BCUT2D eigenvalue weighted by Crippen LogP contribution is -2.37. The fourth-order valence-corrected chi connectivity index (χ4v) is 3.86. The van der Waals surface area contributed by atoms with Crippen LogP contribution < -0.4 is 5.32 Å². The molecule has 3 heteroatoms. The Kier molecular flexibility index (Phi) is 7.89. The van der Waals surface area contributed by atoms with Crippen molar-refractivity contribution in [3.05, 3.63) is 0 Å². The third kappa shape index (κ3) is 5.76. The Balaban J connectivity index is 2.28. The molecular weight excluding hydrogens is 252 g/mol. The van der Waals surface area contributed by atoms with Crippen LogP contribution in [0.3, 0.4) is 0 Å². The van der Waals surface area contributed by atoms with E-state index >= 15 is 0 Å². The molecule has 1 N–H and O–H groups in total. The van der Waals surface area contributed by atoms with Gasteiger partial charge in [-0.1, -0.05) is 58.2 Å². The van der Waals surface area contributed by atoms with Crippen LogP contribution in [0.1, 0.15) is 72.6 Å². The first-order valence-corrected chi connectivity index (χ1v) is 9.08. The molecule has 1 aliphatic rings. The molecule has 1 atom stereocenters. The predicted molar refractivity (Wildman–Crippen MR) is 89.1 cm³/mol. The second-order valence-electron chi connectivity index (χ2n) is 6.01. The van der Waals surface area contributed by atoms with E-state index in [1.165, 1.54) is 55.9 Å². The largest absolute Gasteiger partial charge is 0.362 e. The van der Waals surface area contributed by atoms with Crippen molar-refractivity contribution in [2.45, 2.75) is 78.7 Å². The fraction of sp³-hybridized carbons (Fsp3) is 0.938. The number of thioether (sulfide) groups is 1. The topological polar surface area (TPSA) is 24.4 Å². The van der Waals surface area contributed by atoms with Crippen LogP contribution in [0, 0.1) is 5.41 Å². The Morgan fingerprint density at radius 1 is 1.21 bits per heavy atom. The highest BCUT2D eigenvalue weighted by Gasteiger charge is 2.30. The van der Waals surface area contributed by atoms with Gasteiger partial charge in [0, 0.05) is 18.3 Å². The van der Waals surface area contributed by atoms with Crippen LogP contribution in [0.25, 0.3) is 0 Å². The quantitative estimate of drug-likeness (QED) is 0.645. The van der Waals surface area contributed by atoms with Crippen LogP contribution in [-0.2, 0) is 0 Å². The Morgan fingerprint density at radius 2 is 1.95 bits per heavy atom. The number of hydrogen-bond acceptors (Lipinski definition) is 3. The van der Waals surface area contributed by atoms with E-state index < -0.39 is 0 Å². The maximum absolute atomic E-state index is 4.78. The predicted octanol–water partition coefficient (Wildman–Crippen LogP) is 4.84. The molecule has 0 aliphatic carbocycles. The molecule has 0 aromatic rings. The summed E-state index contributed by atoms with van der Waals surface area (Å²) >= 11 is 1.93. The fourth-order valence-electron chi connectivity index (χ4n) is 2.48. The molecule has 1 heterocycles. The molecule has 0 aromatic carbocycles. The van der Waals surface area contributed by atoms with E-state index in [-0.39, 0.29) is 0 Å². The van der Waals surface area contributed by atoms with Gasteiger partial charge >= 0.3 is 0 Å². The molecule has 1 unspecified atom stereocenters. The second kappa shape index (κ2) is 8.89. The number of amidine groups is 1. The van der Waals surface area contributed by atoms with Crippen molar-refractivity contribution in [3.8, 4) is 0 Å². The minimum atomic E-state index is 0.459. The summed E-state index contributed by atoms with van der Waals surface area (Å²) in [6.07, 6.45) is 9.18. The lowest BCUT2D eigenvalue weighted by Gasteiger charge is -2.34. The van der Waals surface area contributed by atoms with Crippen LogP contribution in [0.2, 0.25) is 0 Å². The van der Waals surface area contributed by atoms with E-state index in [0.29, 0.717) is 11.5 Å². The molecule has 0 fully saturated rings. The Bertz CT molecular complexity index is 272. The third-order valence-electron chi connectivity index (χ3n) is 4.43. The van der Waals surface area contributed by atoms with Gasteiger partial charge in [0.25, 0.3) is 0 Å². The van der Waals surface area contributed by atoms with Gasteiger partial charge in [-0.25, -0.2) is 0 Å².